The summed E-state index contributed by atoms with van der Waals surface area (Å²) in [5.74, 6) is 1.07. The molecule has 1 amide bonds. The maximum atomic E-state index is 12.4. The van der Waals surface area contributed by atoms with Crippen molar-refractivity contribution in [3.8, 4) is 11.6 Å². The average molecular weight is 308 g/mol. The SMILES string of the molecule is O=C1Nc2ccccc2C1=S1C=Cn2c3ncnc-3nnc21. The molecule has 1 unspecified atom stereocenters. The maximum absolute atomic E-state index is 12.4. The molecule has 5 rings (SSSR count). The third kappa shape index (κ3) is 1.41. The summed E-state index contributed by atoms with van der Waals surface area (Å²) in [6, 6.07) is 7.67. The second kappa shape index (κ2) is 4.08. The normalized spacial score (nSPS) is 20.3. The summed E-state index contributed by atoms with van der Waals surface area (Å²) < 4.78 is 1.85. The first-order valence-corrected chi connectivity index (χ1v) is 7.86. The van der Waals surface area contributed by atoms with Gasteiger partial charge in [0.25, 0.3) is 5.91 Å². The van der Waals surface area contributed by atoms with Crippen molar-refractivity contribution in [3.05, 3.63) is 41.6 Å². The Morgan fingerprint density at radius 2 is 2.05 bits per heavy atom. The maximum Gasteiger partial charge on any atom is 0.262 e. The van der Waals surface area contributed by atoms with Crippen LogP contribution in [0.2, 0.25) is 0 Å². The first-order chi connectivity index (χ1) is 10.8. The predicted molar refractivity (Wildman–Crippen MR) is 82.6 cm³/mol. The number of anilines is 1. The minimum Gasteiger partial charge on any atom is -0.321 e. The van der Waals surface area contributed by atoms with E-state index in [2.05, 4.69) is 25.5 Å². The van der Waals surface area contributed by atoms with Gasteiger partial charge >= 0.3 is 0 Å². The van der Waals surface area contributed by atoms with Crippen LogP contribution < -0.4 is 5.32 Å². The van der Waals surface area contributed by atoms with E-state index in [1.54, 1.807) is 0 Å². The molecule has 0 saturated carbocycles. The number of imidazole rings is 1. The second-order valence-corrected chi connectivity index (χ2v) is 6.55. The topological polar surface area (TPSA) is 85.6 Å². The zero-order chi connectivity index (χ0) is 14.7. The fraction of sp³-hybridized carbons (Fsp3) is 0. The zero-order valence-corrected chi connectivity index (χ0v) is 11.9. The van der Waals surface area contributed by atoms with Crippen LogP contribution in [-0.4, -0.2) is 35.5 Å². The van der Waals surface area contributed by atoms with Crippen LogP contribution in [0.1, 0.15) is 5.56 Å². The van der Waals surface area contributed by atoms with Crippen LogP contribution in [0.5, 0.6) is 0 Å². The smallest absolute Gasteiger partial charge is 0.262 e. The molecule has 8 heteroatoms. The molecule has 0 aromatic heterocycles. The zero-order valence-electron chi connectivity index (χ0n) is 11.1. The molecule has 0 spiro atoms. The summed E-state index contributed by atoms with van der Waals surface area (Å²) in [5, 5.41) is 13.9. The van der Waals surface area contributed by atoms with E-state index in [1.165, 1.54) is 6.33 Å². The highest BCUT2D eigenvalue weighted by atomic mass is 32.2. The fourth-order valence-corrected chi connectivity index (χ4v) is 4.50. The molecule has 1 N–H and O–H groups in total. The van der Waals surface area contributed by atoms with Gasteiger partial charge in [0.1, 0.15) is 6.33 Å². The number of hydrogen-bond acceptors (Lipinski definition) is 5. The Hall–Kier alpha value is -2.87. The van der Waals surface area contributed by atoms with Gasteiger partial charge in [0, 0.05) is 17.5 Å². The van der Waals surface area contributed by atoms with Gasteiger partial charge in [0.15, 0.2) is 11.0 Å². The van der Waals surface area contributed by atoms with Gasteiger partial charge in [-0.05, 0) is 11.5 Å². The van der Waals surface area contributed by atoms with E-state index in [4.69, 9.17) is 0 Å². The van der Waals surface area contributed by atoms with E-state index in [0.29, 0.717) is 21.7 Å². The Balaban J connectivity index is 1.82. The largest absolute Gasteiger partial charge is 0.321 e. The molecular weight excluding hydrogens is 300 g/mol. The van der Waals surface area contributed by atoms with E-state index in [9.17, 15) is 4.79 Å². The minimum absolute atomic E-state index is 0.0851. The predicted octanol–water partition coefficient (Wildman–Crippen LogP) is 1.42. The molecule has 1 aromatic rings. The molecule has 0 aliphatic carbocycles. The molecule has 0 bridgehead atoms. The Kier molecular flexibility index (Phi) is 2.18. The molecule has 4 aliphatic heterocycles. The van der Waals surface area contributed by atoms with Gasteiger partial charge in [-0.1, -0.05) is 28.7 Å². The van der Waals surface area contributed by atoms with E-state index in [1.807, 2.05) is 40.4 Å². The molecule has 0 saturated heterocycles. The summed E-state index contributed by atoms with van der Waals surface area (Å²) in [6.07, 6.45) is 3.34. The molecule has 4 heterocycles. The number of carbonyl (C=O) groups excluding carboxylic acids is 1. The molecule has 7 nitrogen and oxygen atoms in total. The standard InChI is InChI=1S/C14H8N6OS/c21-13-10(8-3-1-2-4-9(8)17-13)22-6-5-20-12-11(15-7-16-12)18-19-14(20)22/h1-7H,(H,17,21). The van der Waals surface area contributed by atoms with Crippen LogP contribution in [0.4, 0.5) is 5.69 Å². The number of hydrogen-bond donors (Lipinski definition) is 1. The lowest BCUT2D eigenvalue weighted by Gasteiger charge is -2.07. The molecule has 0 radical (unpaired) electrons. The molecular formula is C14H8N6OS. The van der Waals surface area contributed by atoms with Crippen LogP contribution in [0, 0.1) is 0 Å². The molecule has 0 fully saturated rings. The highest BCUT2D eigenvalue weighted by Gasteiger charge is 2.30. The van der Waals surface area contributed by atoms with Crippen molar-refractivity contribution in [2.24, 2.45) is 0 Å². The van der Waals surface area contributed by atoms with Gasteiger partial charge in [-0.15, -0.1) is 10.2 Å². The summed E-state index contributed by atoms with van der Waals surface area (Å²) in [5.41, 5.74) is 1.76. The molecule has 106 valence electrons. The lowest BCUT2D eigenvalue weighted by molar-refractivity contribution is -0.109. The van der Waals surface area contributed by atoms with E-state index in [0.717, 1.165) is 11.3 Å². The third-order valence-corrected chi connectivity index (χ3v) is 5.52. The number of rotatable bonds is 0. The number of carbonyl (C=O) groups is 1. The van der Waals surface area contributed by atoms with Crippen molar-refractivity contribution >= 4 is 33.1 Å². The molecule has 1 aromatic carbocycles. The highest BCUT2D eigenvalue weighted by molar-refractivity contribution is 8.20. The number of nitrogens with zero attached hydrogens (tertiary/aromatic N) is 5. The van der Waals surface area contributed by atoms with Gasteiger partial charge in [-0.3, -0.25) is 9.36 Å². The molecule has 1 atom stereocenters. The van der Waals surface area contributed by atoms with E-state index < -0.39 is 10.5 Å². The van der Waals surface area contributed by atoms with Crippen molar-refractivity contribution < 1.29 is 4.79 Å². The van der Waals surface area contributed by atoms with Crippen LogP contribution in [0.25, 0.3) is 17.8 Å². The average Bonchev–Trinajstić information content (AvgIpc) is 3.20. The summed E-state index contributed by atoms with van der Waals surface area (Å²) >= 11 is 0. The van der Waals surface area contributed by atoms with Crippen LogP contribution in [0.3, 0.4) is 0 Å². The van der Waals surface area contributed by atoms with Crippen molar-refractivity contribution in [1.82, 2.24) is 24.7 Å². The molecule has 4 aliphatic rings. The van der Waals surface area contributed by atoms with Gasteiger partial charge in [-0.2, -0.15) is 0 Å². The van der Waals surface area contributed by atoms with Crippen molar-refractivity contribution in [3.63, 3.8) is 0 Å². The van der Waals surface area contributed by atoms with E-state index >= 15 is 0 Å². The van der Waals surface area contributed by atoms with Crippen molar-refractivity contribution in [1.29, 1.82) is 0 Å². The van der Waals surface area contributed by atoms with Crippen molar-refractivity contribution in [2.45, 2.75) is 5.16 Å². The second-order valence-electron chi connectivity index (χ2n) is 4.83. The van der Waals surface area contributed by atoms with Gasteiger partial charge in [0.2, 0.25) is 5.82 Å². The van der Waals surface area contributed by atoms with E-state index in [-0.39, 0.29) is 5.91 Å². The number of benzene rings is 1. The minimum atomic E-state index is -0.564. The number of aromatic nitrogens is 5. The number of para-hydroxylation sites is 1. The van der Waals surface area contributed by atoms with Crippen LogP contribution >= 0.6 is 10.5 Å². The Bertz CT molecular complexity index is 989. The van der Waals surface area contributed by atoms with Gasteiger partial charge < -0.3 is 5.32 Å². The van der Waals surface area contributed by atoms with Crippen LogP contribution in [-0.2, 0) is 4.79 Å². The molecule has 22 heavy (non-hydrogen) atoms. The summed E-state index contributed by atoms with van der Waals surface area (Å²) in [4.78, 5) is 21.3. The number of fused-ring (bicyclic) bond motifs is 4. The number of nitrogens with one attached hydrogen (secondary N) is 1. The van der Waals surface area contributed by atoms with Gasteiger partial charge in [0.05, 0.1) is 4.86 Å². The van der Waals surface area contributed by atoms with Crippen LogP contribution in [0.15, 0.2) is 41.2 Å². The summed E-state index contributed by atoms with van der Waals surface area (Å²) in [7, 11) is -0.564. The first kappa shape index (κ1) is 11.8. The monoisotopic (exact) mass is 308 g/mol. The highest BCUT2D eigenvalue weighted by Crippen LogP contribution is 2.40. The van der Waals surface area contributed by atoms with Gasteiger partial charge in [-0.25, -0.2) is 9.97 Å². The third-order valence-electron chi connectivity index (χ3n) is 3.61. The van der Waals surface area contributed by atoms with Crippen molar-refractivity contribution in [2.75, 3.05) is 5.32 Å². The Morgan fingerprint density at radius 1 is 1.14 bits per heavy atom. The lowest BCUT2D eigenvalue weighted by atomic mass is 10.2. The Labute approximate surface area is 127 Å². The lowest BCUT2D eigenvalue weighted by Crippen LogP contribution is -2.15. The summed E-state index contributed by atoms with van der Waals surface area (Å²) in [6.45, 7) is 0. The first-order valence-electron chi connectivity index (χ1n) is 6.57. The fourth-order valence-electron chi connectivity index (χ4n) is 2.66. The Morgan fingerprint density at radius 3 is 3.00 bits per heavy atom. The quantitative estimate of drug-likeness (QED) is 0.635. The number of amides is 1.